The minimum Gasteiger partial charge on any atom is -0.370 e. The maximum absolute atomic E-state index is 5.92. The van der Waals surface area contributed by atoms with Crippen molar-refractivity contribution in [3.05, 3.63) is 58.9 Å². The number of hydrogen-bond acceptors (Lipinski definition) is 2. The molecular weight excluding hydrogens is 423 g/mol. The zero-order chi connectivity index (χ0) is 15.9. The van der Waals surface area contributed by atoms with Crippen molar-refractivity contribution in [2.45, 2.75) is 26.2 Å². The Morgan fingerprint density at radius 2 is 2.09 bits per heavy atom. The van der Waals surface area contributed by atoms with Gasteiger partial charge in [-0.15, -0.1) is 24.0 Å². The number of guanidine groups is 1. The molecule has 4 nitrogen and oxygen atoms in total. The average Bonchev–Trinajstić information content (AvgIpc) is 2.49. The van der Waals surface area contributed by atoms with Gasteiger partial charge >= 0.3 is 0 Å². The Morgan fingerprint density at radius 3 is 2.74 bits per heavy atom. The topological polar surface area (TPSA) is 63.3 Å². The second-order valence-corrected chi connectivity index (χ2v) is 5.80. The summed E-state index contributed by atoms with van der Waals surface area (Å²) in [5.74, 6) is 0.903. The van der Waals surface area contributed by atoms with Gasteiger partial charge in [-0.05, 0) is 41.7 Å². The lowest BCUT2D eigenvalue weighted by atomic mass is 10.0. The van der Waals surface area contributed by atoms with Crippen LogP contribution in [0.25, 0.3) is 0 Å². The normalized spacial score (nSPS) is 11.2. The lowest BCUT2D eigenvalue weighted by Gasteiger charge is -2.10. The minimum atomic E-state index is 0. The van der Waals surface area contributed by atoms with Crippen molar-refractivity contribution >= 4 is 47.2 Å². The van der Waals surface area contributed by atoms with Crippen LogP contribution in [-0.4, -0.2) is 17.5 Å². The molecule has 0 spiro atoms. The monoisotopic (exact) mass is 444 g/mol. The van der Waals surface area contributed by atoms with Crippen LogP contribution in [0.15, 0.2) is 47.6 Å². The number of aliphatic imine (C=N–C) groups is 1. The molecule has 0 aliphatic rings. The fourth-order valence-corrected chi connectivity index (χ4v) is 2.13. The summed E-state index contributed by atoms with van der Waals surface area (Å²) in [7, 11) is 0. The highest BCUT2D eigenvalue weighted by Crippen LogP contribution is 2.18. The van der Waals surface area contributed by atoms with Crippen molar-refractivity contribution in [2.24, 2.45) is 10.7 Å². The largest absolute Gasteiger partial charge is 0.370 e. The number of nitrogens with two attached hydrogens (primary N) is 1. The lowest BCUT2D eigenvalue weighted by Crippen LogP contribution is -2.23. The Bertz CT molecular complexity index is 641. The highest BCUT2D eigenvalue weighted by Gasteiger charge is 2.01. The molecule has 3 N–H and O–H groups in total. The number of rotatable bonds is 5. The van der Waals surface area contributed by atoms with E-state index in [-0.39, 0.29) is 24.0 Å². The highest BCUT2D eigenvalue weighted by molar-refractivity contribution is 14.0. The number of nitrogens with one attached hydrogen (secondary N) is 1. The number of pyridine rings is 1. The first-order chi connectivity index (χ1) is 10.5. The molecule has 124 valence electrons. The van der Waals surface area contributed by atoms with Gasteiger partial charge in [0.05, 0.1) is 0 Å². The van der Waals surface area contributed by atoms with Gasteiger partial charge in [-0.25, -0.2) is 4.98 Å². The van der Waals surface area contributed by atoms with Gasteiger partial charge in [0.2, 0.25) is 0 Å². The summed E-state index contributed by atoms with van der Waals surface area (Å²) in [6.07, 6.45) is 2.53. The summed E-state index contributed by atoms with van der Waals surface area (Å²) in [5.41, 5.74) is 9.24. The van der Waals surface area contributed by atoms with Gasteiger partial charge in [-0.2, -0.15) is 0 Å². The number of benzene rings is 1. The first-order valence-corrected chi connectivity index (χ1v) is 7.69. The predicted octanol–water partition coefficient (Wildman–Crippen LogP) is 4.45. The molecule has 0 aliphatic heterocycles. The third kappa shape index (κ3) is 6.74. The molecule has 0 bridgehead atoms. The van der Waals surface area contributed by atoms with Gasteiger partial charge < -0.3 is 11.1 Å². The van der Waals surface area contributed by atoms with Gasteiger partial charge in [0.15, 0.2) is 5.96 Å². The molecule has 0 amide bonds. The molecule has 0 aliphatic carbocycles. The van der Waals surface area contributed by atoms with Crippen LogP contribution in [0.2, 0.25) is 5.15 Å². The van der Waals surface area contributed by atoms with E-state index >= 15 is 0 Å². The third-order valence-corrected chi connectivity index (χ3v) is 3.52. The fourth-order valence-electron chi connectivity index (χ4n) is 2.02. The SMILES string of the molecule is CC(C)c1cccc(NC(N)=NCCc2ccc(Cl)nc2)c1.I. The highest BCUT2D eigenvalue weighted by atomic mass is 127. The fraction of sp³-hybridized carbons (Fsp3) is 0.294. The van der Waals surface area contributed by atoms with Crippen molar-refractivity contribution in [1.29, 1.82) is 0 Å². The average molecular weight is 445 g/mol. The number of aromatic nitrogens is 1. The van der Waals surface area contributed by atoms with E-state index in [2.05, 4.69) is 41.3 Å². The second kappa shape index (κ2) is 9.72. The van der Waals surface area contributed by atoms with Crippen LogP contribution in [0.1, 0.15) is 30.9 Å². The Kier molecular flexibility index (Phi) is 8.33. The van der Waals surface area contributed by atoms with E-state index in [9.17, 15) is 0 Å². The minimum absolute atomic E-state index is 0. The Morgan fingerprint density at radius 1 is 1.30 bits per heavy atom. The molecule has 23 heavy (non-hydrogen) atoms. The first kappa shape index (κ1) is 19.7. The summed E-state index contributed by atoms with van der Waals surface area (Å²) in [6.45, 7) is 4.93. The maximum atomic E-state index is 5.92. The predicted molar refractivity (Wildman–Crippen MR) is 109 cm³/mol. The van der Waals surface area contributed by atoms with Crippen LogP contribution < -0.4 is 11.1 Å². The molecule has 1 aromatic carbocycles. The number of hydrogen-bond donors (Lipinski definition) is 2. The van der Waals surface area contributed by atoms with Gasteiger partial charge in [-0.1, -0.05) is 43.6 Å². The molecule has 1 heterocycles. The zero-order valence-corrected chi connectivity index (χ0v) is 16.4. The molecule has 0 saturated carbocycles. The van der Waals surface area contributed by atoms with Crippen LogP contribution in [0.5, 0.6) is 0 Å². The van der Waals surface area contributed by atoms with Crippen LogP contribution in [0.3, 0.4) is 0 Å². The molecule has 0 radical (unpaired) electrons. The summed E-state index contributed by atoms with van der Waals surface area (Å²) >= 11 is 5.75. The van der Waals surface area contributed by atoms with Gasteiger partial charge in [0.1, 0.15) is 5.15 Å². The molecule has 0 unspecified atom stereocenters. The smallest absolute Gasteiger partial charge is 0.193 e. The zero-order valence-electron chi connectivity index (χ0n) is 13.3. The molecule has 2 rings (SSSR count). The summed E-state index contributed by atoms with van der Waals surface area (Å²) < 4.78 is 0. The molecule has 1 aromatic heterocycles. The standard InChI is InChI=1S/C17H21ClN4.HI/c1-12(2)14-4-3-5-15(10-14)22-17(19)20-9-8-13-6-7-16(18)21-11-13;/h3-7,10-12H,8-9H2,1-2H3,(H3,19,20,22);1H. The van der Waals surface area contributed by atoms with E-state index in [0.717, 1.165) is 17.7 Å². The maximum Gasteiger partial charge on any atom is 0.193 e. The Balaban J connectivity index is 0.00000264. The summed E-state index contributed by atoms with van der Waals surface area (Å²) in [6, 6.07) is 11.9. The van der Waals surface area contributed by atoms with Gasteiger partial charge in [0, 0.05) is 18.4 Å². The molecule has 6 heteroatoms. The van der Waals surface area contributed by atoms with Crippen LogP contribution >= 0.6 is 35.6 Å². The van der Waals surface area contributed by atoms with E-state index in [1.807, 2.05) is 18.2 Å². The van der Waals surface area contributed by atoms with E-state index in [1.54, 1.807) is 12.3 Å². The number of anilines is 1. The van der Waals surface area contributed by atoms with Crippen LogP contribution in [0, 0.1) is 0 Å². The van der Waals surface area contributed by atoms with E-state index in [0.29, 0.717) is 23.6 Å². The second-order valence-electron chi connectivity index (χ2n) is 5.41. The summed E-state index contributed by atoms with van der Waals surface area (Å²) in [5, 5.41) is 3.62. The van der Waals surface area contributed by atoms with Gasteiger partial charge in [0.25, 0.3) is 0 Å². The molecule has 0 saturated heterocycles. The number of nitrogens with zero attached hydrogens (tertiary/aromatic N) is 2. The lowest BCUT2D eigenvalue weighted by molar-refractivity contribution is 0.867. The third-order valence-electron chi connectivity index (χ3n) is 3.30. The Labute approximate surface area is 159 Å². The van der Waals surface area contributed by atoms with E-state index in [4.69, 9.17) is 17.3 Å². The van der Waals surface area contributed by atoms with Crippen molar-refractivity contribution in [1.82, 2.24) is 4.98 Å². The van der Waals surface area contributed by atoms with Crippen LogP contribution in [-0.2, 0) is 6.42 Å². The summed E-state index contributed by atoms with van der Waals surface area (Å²) in [4.78, 5) is 8.38. The molecule has 2 aromatic rings. The van der Waals surface area contributed by atoms with Crippen molar-refractivity contribution < 1.29 is 0 Å². The van der Waals surface area contributed by atoms with Crippen molar-refractivity contribution in [2.75, 3.05) is 11.9 Å². The van der Waals surface area contributed by atoms with E-state index in [1.165, 1.54) is 5.56 Å². The molecule has 0 atom stereocenters. The molecule has 0 fully saturated rings. The van der Waals surface area contributed by atoms with Gasteiger partial charge in [-0.3, -0.25) is 4.99 Å². The number of halogens is 2. The van der Waals surface area contributed by atoms with Crippen LogP contribution in [0.4, 0.5) is 5.69 Å². The molecular formula is C17H22ClIN4. The first-order valence-electron chi connectivity index (χ1n) is 7.32. The Hall–Kier alpha value is -1.34. The van der Waals surface area contributed by atoms with E-state index < -0.39 is 0 Å². The van der Waals surface area contributed by atoms with Crippen molar-refractivity contribution in [3.8, 4) is 0 Å². The van der Waals surface area contributed by atoms with Crippen molar-refractivity contribution in [3.63, 3.8) is 0 Å². The quantitative estimate of drug-likeness (QED) is 0.310.